The van der Waals surface area contributed by atoms with E-state index < -0.39 is 11.9 Å². The summed E-state index contributed by atoms with van der Waals surface area (Å²) in [5.74, 6) is -1.52. The molecule has 0 aliphatic carbocycles. The molecular weight excluding hydrogens is 268 g/mol. The Morgan fingerprint density at radius 1 is 1.37 bits per heavy atom. The molecule has 0 spiro atoms. The number of hydrogen-bond donors (Lipinski definition) is 2. The third-order valence-corrected chi connectivity index (χ3v) is 3.96. The van der Waals surface area contributed by atoms with Crippen molar-refractivity contribution in [3.8, 4) is 11.5 Å². The van der Waals surface area contributed by atoms with Crippen LogP contribution >= 0.6 is 11.3 Å². The molecule has 1 aromatic heterocycles. The van der Waals surface area contributed by atoms with Crippen LogP contribution in [0.1, 0.15) is 17.7 Å². The van der Waals surface area contributed by atoms with E-state index in [-0.39, 0.29) is 15.9 Å². The van der Waals surface area contributed by atoms with Crippen molar-refractivity contribution in [2.45, 2.75) is 12.8 Å². The average molecular weight is 280 g/mol. The first kappa shape index (κ1) is 13.4. The summed E-state index contributed by atoms with van der Waals surface area (Å²) in [6.45, 7) is 1.51. The summed E-state index contributed by atoms with van der Waals surface area (Å²) in [4.78, 5) is 23.4. The largest absolute Gasteiger partial charge is 0.507 e. The van der Waals surface area contributed by atoms with Crippen molar-refractivity contribution in [1.29, 1.82) is 0 Å². The number of aromatic hydroxyl groups is 1. The monoisotopic (exact) mass is 280 g/mol. The third kappa shape index (κ3) is 2.39. The number of carboxylic acids is 1. The molecule has 0 bridgehead atoms. The normalized spacial score (nSPS) is 12.3. The zero-order chi connectivity index (χ0) is 14.2. The highest BCUT2D eigenvalue weighted by molar-refractivity contribution is 7.10. The number of phenols is 1. The Bertz CT molecular complexity index is 704. The molecule has 2 N–H and O–H groups in total. The molecule has 0 saturated carbocycles. The second kappa shape index (κ2) is 4.89. The minimum absolute atomic E-state index is 0.162. The van der Waals surface area contributed by atoms with Crippen LogP contribution in [0.25, 0.3) is 10.8 Å². The van der Waals surface area contributed by atoms with E-state index >= 15 is 0 Å². The summed E-state index contributed by atoms with van der Waals surface area (Å²) >= 11 is 0.834. The predicted octanol–water partition coefficient (Wildman–Crippen LogP) is 2.16. The van der Waals surface area contributed by atoms with Gasteiger partial charge in [0.1, 0.15) is 11.5 Å². The van der Waals surface area contributed by atoms with Crippen molar-refractivity contribution in [2.24, 2.45) is 0 Å². The van der Waals surface area contributed by atoms with Gasteiger partial charge in [-0.1, -0.05) is 11.3 Å². The van der Waals surface area contributed by atoms with Crippen molar-refractivity contribution in [2.75, 3.05) is 7.11 Å². The first-order valence-corrected chi connectivity index (χ1v) is 6.33. The lowest BCUT2D eigenvalue weighted by Gasteiger charge is -2.08. The van der Waals surface area contributed by atoms with Gasteiger partial charge in [-0.2, -0.15) is 0 Å². The van der Waals surface area contributed by atoms with Crippen molar-refractivity contribution in [3.63, 3.8) is 0 Å². The Morgan fingerprint density at radius 3 is 2.63 bits per heavy atom. The molecular formula is C13H12O5S. The maximum Gasteiger partial charge on any atom is 0.311 e. The van der Waals surface area contributed by atoms with E-state index in [0.717, 1.165) is 11.3 Å². The van der Waals surface area contributed by atoms with Crippen LogP contribution in [0.3, 0.4) is 0 Å². The Hall–Kier alpha value is -2.08. The molecule has 1 aromatic carbocycles. The molecule has 0 saturated heterocycles. The molecule has 0 radical (unpaired) electrons. The molecule has 2 aromatic rings. The molecule has 1 atom stereocenters. The fourth-order valence-corrected chi connectivity index (χ4v) is 2.75. The van der Waals surface area contributed by atoms with Crippen LogP contribution in [0.5, 0.6) is 11.5 Å². The number of methoxy groups -OCH3 is 1. The van der Waals surface area contributed by atoms with Gasteiger partial charge in [-0.3, -0.25) is 9.59 Å². The van der Waals surface area contributed by atoms with Crippen LogP contribution in [0, 0.1) is 0 Å². The van der Waals surface area contributed by atoms with E-state index in [1.54, 1.807) is 12.1 Å². The number of aliphatic carboxylic acids is 1. The van der Waals surface area contributed by atoms with E-state index in [4.69, 9.17) is 9.84 Å². The predicted molar refractivity (Wildman–Crippen MR) is 72.4 cm³/mol. The summed E-state index contributed by atoms with van der Waals surface area (Å²) in [7, 11) is 1.45. The van der Waals surface area contributed by atoms with E-state index in [0.29, 0.717) is 16.0 Å². The number of phenolic OH excluding ortho intramolecular Hbond substituents is 1. The van der Waals surface area contributed by atoms with Crippen LogP contribution in [0.15, 0.2) is 23.0 Å². The topological polar surface area (TPSA) is 83.8 Å². The van der Waals surface area contributed by atoms with Gasteiger partial charge in [0.15, 0.2) is 0 Å². The lowest BCUT2D eigenvalue weighted by Crippen LogP contribution is -2.08. The summed E-state index contributed by atoms with van der Waals surface area (Å²) < 4.78 is 4.66. The SMILES string of the molecule is COc1cc(O)c2c(=O)sc(C(C)C(=O)O)cc2c1. The van der Waals surface area contributed by atoms with E-state index in [9.17, 15) is 14.7 Å². The van der Waals surface area contributed by atoms with Crippen LogP contribution in [-0.2, 0) is 4.79 Å². The van der Waals surface area contributed by atoms with Gasteiger partial charge in [0.2, 0.25) is 4.74 Å². The second-order valence-electron chi connectivity index (χ2n) is 4.11. The standard InChI is InChI=1S/C13H12O5S/c1-6(12(15)16)10-4-7-3-8(18-2)5-9(14)11(7)13(17)19-10/h3-6,14H,1-2H3,(H,15,16). The number of carboxylic acid groups (broad SMARTS) is 1. The van der Waals surface area contributed by atoms with Gasteiger partial charge in [0, 0.05) is 10.9 Å². The number of ether oxygens (including phenoxy) is 1. The molecule has 6 heteroatoms. The first-order valence-electron chi connectivity index (χ1n) is 5.51. The van der Waals surface area contributed by atoms with Gasteiger partial charge < -0.3 is 14.9 Å². The number of rotatable bonds is 3. The van der Waals surface area contributed by atoms with Gasteiger partial charge in [-0.15, -0.1) is 0 Å². The fourth-order valence-electron chi connectivity index (χ4n) is 1.75. The van der Waals surface area contributed by atoms with Gasteiger partial charge >= 0.3 is 5.97 Å². The minimum atomic E-state index is -0.998. The Labute approximate surface area is 112 Å². The van der Waals surface area contributed by atoms with Crippen LogP contribution in [0.4, 0.5) is 0 Å². The highest BCUT2D eigenvalue weighted by atomic mass is 32.1. The smallest absolute Gasteiger partial charge is 0.311 e. The van der Waals surface area contributed by atoms with Gasteiger partial charge in [0.25, 0.3) is 0 Å². The van der Waals surface area contributed by atoms with Crippen LogP contribution in [-0.4, -0.2) is 23.3 Å². The van der Waals surface area contributed by atoms with Crippen molar-refractivity contribution < 1.29 is 19.7 Å². The molecule has 0 aliphatic rings. The summed E-state index contributed by atoms with van der Waals surface area (Å²) in [6, 6.07) is 4.56. The summed E-state index contributed by atoms with van der Waals surface area (Å²) in [5, 5.41) is 19.5. The fraction of sp³-hybridized carbons (Fsp3) is 0.231. The van der Waals surface area contributed by atoms with Gasteiger partial charge in [0.05, 0.1) is 18.4 Å². The molecule has 19 heavy (non-hydrogen) atoms. The molecule has 0 aliphatic heterocycles. The number of fused-ring (bicyclic) bond motifs is 1. The minimum Gasteiger partial charge on any atom is -0.507 e. The highest BCUT2D eigenvalue weighted by Crippen LogP contribution is 2.31. The second-order valence-corrected chi connectivity index (χ2v) is 5.15. The molecule has 100 valence electrons. The van der Waals surface area contributed by atoms with Gasteiger partial charge in [-0.25, -0.2) is 0 Å². The average Bonchev–Trinajstić information content (AvgIpc) is 2.36. The number of carbonyl (C=O) groups is 1. The highest BCUT2D eigenvalue weighted by Gasteiger charge is 2.18. The quantitative estimate of drug-likeness (QED) is 0.900. The zero-order valence-corrected chi connectivity index (χ0v) is 11.2. The van der Waals surface area contributed by atoms with E-state index in [1.807, 2.05) is 0 Å². The molecule has 5 nitrogen and oxygen atoms in total. The Balaban J connectivity index is 2.75. The van der Waals surface area contributed by atoms with Crippen molar-refractivity contribution in [1.82, 2.24) is 0 Å². The molecule has 0 fully saturated rings. The zero-order valence-electron chi connectivity index (χ0n) is 10.3. The Morgan fingerprint density at radius 2 is 2.05 bits per heavy atom. The van der Waals surface area contributed by atoms with Gasteiger partial charge in [-0.05, 0) is 24.4 Å². The summed E-state index contributed by atoms with van der Waals surface area (Å²) in [5.41, 5.74) is 0. The van der Waals surface area contributed by atoms with Crippen LogP contribution < -0.4 is 9.48 Å². The van der Waals surface area contributed by atoms with Crippen LogP contribution in [0.2, 0.25) is 0 Å². The van der Waals surface area contributed by atoms with Crippen molar-refractivity contribution in [3.05, 3.63) is 32.6 Å². The number of benzene rings is 1. The molecule has 0 amide bonds. The lowest BCUT2D eigenvalue weighted by atomic mass is 10.1. The van der Waals surface area contributed by atoms with Crippen molar-refractivity contribution >= 4 is 28.1 Å². The summed E-state index contributed by atoms with van der Waals surface area (Å²) in [6.07, 6.45) is 0. The molecule has 2 rings (SSSR count). The molecule has 1 heterocycles. The maximum absolute atomic E-state index is 12.0. The molecule has 1 unspecified atom stereocenters. The van der Waals surface area contributed by atoms with E-state index in [2.05, 4.69) is 0 Å². The first-order chi connectivity index (χ1) is 8.93. The third-order valence-electron chi connectivity index (χ3n) is 2.87. The lowest BCUT2D eigenvalue weighted by molar-refractivity contribution is -0.138. The van der Waals surface area contributed by atoms with E-state index in [1.165, 1.54) is 20.1 Å². The Kier molecular flexibility index (Phi) is 3.44. The maximum atomic E-state index is 12.0. The number of hydrogen-bond acceptors (Lipinski definition) is 5.